The lowest BCUT2D eigenvalue weighted by molar-refractivity contribution is -0.385. The maximum Gasteiger partial charge on any atom is 0.336 e. The van der Waals surface area contributed by atoms with E-state index in [9.17, 15) is 19.7 Å². The quantitative estimate of drug-likeness (QED) is 0.261. The van der Waals surface area contributed by atoms with Crippen LogP contribution in [0.3, 0.4) is 0 Å². The average Bonchev–Trinajstić information content (AvgIpc) is 2.87. The molecular weight excluding hydrogens is 448 g/mol. The molecule has 0 amide bonds. The van der Waals surface area contributed by atoms with Crippen molar-refractivity contribution in [3.8, 4) is 0 Å². The number of rotatable bonds is 9. The molecule has 184 valence electrons. The normalized spacial score (nSPS) is 14.2. The lowest BCUT2D eigenvalue weighted by Gasteiger charge is -2.39. The third kappa shape index (κ3) is 4.96. The minimum atomic E-state index is -1.01. The Morgan fingerprint density at radius 2 is 1.31 bits per heavy atom. The van der Waals surface area contributed by atoms with Gasteiger partial charge in [-0.15, -0.1) is 0 Å². The summed E-state index contributed by atoms with van der Waals surface area (Å²) in [5, 5.41) is 12.0. The summed E-state index contributed by atoms with van der Waals surface area (Å²) < 4.78 is 10.9. The number of para-hydroxylation sites is 2. The third-order valence-corrected chi connectivity index (χ3v) is 5.86. The summed E-state index contributed by atoms with van der Waals surface area (Å²) in [6.45, 7) is 7.44. The summed E-state index contributed by atoms with van der Waals surface area (Å²) in [6, 6.07) is 15.6. The van der Waals surface area contributed by atoms with Gasteiger partial charge in [0.15, 0.2) is 0 Å². The predicted octanol–water partition coefficient (Wildman–Crippen LogP) is 5.65. The van der Waals surface area contributed by atoms with E-state index in [-0.39, 0.29) is 35.6 Å². The number of nitro benzene ring substituents is 1. The topological polar surface area (TPSA) is 99.0 Å². The number of benzene rings is 2. The van der Waals surface area contributed by atoms with Gasteiger partial charge in [0, 0.05) is 28.7 Å². The van der Waals surface area contributed by atoms with E-state index in [1.54, 1.807) is 32.0 Å². The summed E-state index contributed by atoms with van der Waals surface area (Å²) >= 11 is 0. The van der Waals surface area contributed by atoms with E-state index in [1.165, 1.54) is 6.07 Å². The summed E-state index contributed by atoms with van der Waals surface area (Å²) in [5.41, 5.74) is 2.49. The van der Waals surface area contributed by atoms with E-state index >= 15 is 0 Å². The first-order valence-electron chi connectivity index (χ1n) is 11.8. The molecule has 0 aromatic heterocycles. The van der Waals surface area contributed by atoms with Gasteiger partial charge in [-0.2, -0.15) is 0 Å². The van der Waals surface area contributed by atoms with Gasteiger partial charge in [-0.05, 0) is 38.8 Å². The number of hydrogen-bond acceptors (Lipinski definition) is 7. The Labute approximate surface area is 205 Å². The van der Waals surface area contributed by atoms with Crippen LogP contribution in [-0.2, 0) is 19.1 Å². The molecule has 8 nitrogen and oxygen atoms in total. The molecule has 2 aromatic rings. The number of nitrogens with zero attached hydrogens (tertiary/aromatic N) is 2. The summed E-state index contributed by atoms with van der Waals surface area (Å²) in [5.74, 6) is -2.25. The van der Waals surface area contributed by atoms with Crippen molar-refractivity contribution in [3.05, 3.63) is 92.8 Å². The van der Waals surface area contributed by atoms with Crippen molar-refractivity contribution < 1.29 is 24.0 Å². The molecule has 0 unspecified atom stereocenters. The minimum absolute atomic E-state index is 0.118. The number of hydrogen-bond donors (Lipinski definition) is 0. The van der Waals surface area contributed by atoms with Crippen LogP contribution in [-0.4, -0.2) is 30.1 Å². The van der Waals surface area contributed by atoms with Crippen molar-refractivity contribution in [2.24, 2.45) is 0 Å². The Kier molecular flexibility index (Phi) is 8.41. The minimum Gasteiger partial charge on any atom is -0.463 e. The number of carbonyl (C=O) groups is 2. The van der Waals surface area contributed by atoms with E-state index in [1.807, 2.05) is 49.1 Å². The van der Waals surface area contributed by atoms with Crippen molar-refractivity contribution in [1.29, 1.82) is 0 Å². The molecule has 1 aliphatic rings. The zero-order valence-electron chi connectivity index (χ0n) is 20.4. The van der Waals surface area contributed by atoms with Gasteiger partial charge < -0.3 is 14.4 Å². The monoisotopic (exact) mass is 478 g/mol. The van der Waals surface area contributed by atoms with Gasteiger partial charge in [0.2, 0.25) is 0 Å². The number of nitro groups is 1. The van der Waals surface area contributed by atoms with Gasteiger partial charge in [-0.3, -0.25) is 10.1 Å². The second kappa shape index (κ2) is 11.5. The van der Waals surface area contributed by atoms with Crippen molar-refractivity contribution in [3.63, 3.8) is 0 Å². The Hall–Kier alpha value is -3.94. The van der Waals surface area contributed by atoms with Crippen molar-refractivity contribution >= 4 is 23.3 Å². The van der Waals surface area contributed by atoms with Crippen LogP contribution >= 0.6 is 0 Å². The first-order valence-corrected chi connectivity index (χ1v) is 11.8. The summed E-state index contributed by atoms with van der Waals surface area (Å²) in [4.78, 5) is 40.3. The smallest absolute Gasteiger partial charge is 0.336 e. The molecule has 0 atom stereocenters. The molecule has 2 aromatic carbocycles. The number of allylic oxidation sites excluding steroid dienone is 2. The van der Waals surface area contributed by atoms with Crippen molar-refractivity contribution in [2.45, 2.75) is 46.5 Å². The lowest BCUT2D eigenvalue weighted by Crippen LogP contribution is -2.37. The molecule has 0 fully saturated rings. The highest BCUT2D eigenvalue weighted by Crippen LogP contribution is 2.48. The van der Waals surface area contributed by atoms with Gasteiger partial charge in [0.25, 0.3) is 5.69 Å². The van der Waals surface area contributed by atoms with Gasteiger partial charge in [-0.1, -0.05) is 50.2 Å². The van der Waals surface area contributed by atoms with Gasteiger partial charge in [0.1, 0.15) is 0 Å². The number of esters is 2. The van der Waals surface area contributed by atoms with Crippen LogP contribution in [0.2, 0.25) is 0 Å². The lowest BCUT2D eigenvalue weighted by atomic mass is 9.77. The molecule has 8 heteroatoms. The maximum atomic E-state index is 13.5. The van der Waals surface area contributed by atoms with Gasteiger partial charge in [-0.25, -0.2) is 9.59 Å². The number of ether oxygens (including phenoxy) is 2. The second-order valence-electron chi connectivity index (χ2n) is 7.79. The Morgan fingerprint density at radius 3 is 1.77 bits per heavy atom. The number of anilines is 1. The first kappa shape index (κ1) is 25.7. The van der Waals surface area contributed by atoms with Gasteiger partial charge in [0.05, 0.1) is 35.2 Å². The Balaban J connectivity index is 2.47. The van der Waals surface area contributed by atoms with E-state index < -0.39 is 22.8 Å². The average molecular weight is 479 g/mol. The van der Waals surface area contributed by atoms with Crippen LogP contribution in [0.1, 0.15) is 52.0 Å². The van der Waals surface area contributed by atoms with Crippen LogP contribution in [0, 0.1) is 10.1 Å². The predicted molar refractivity (Wildman–Crippen MR) is 133 cm³/mol. The molecule has 0 aliphatic carbocycles. The molecule has 0 bridgehead atoms. The molecule has 0 saturated heterocycles. The van der Waals surface area contributed by atoms with Crippen LogP contribution in [0.15, 0.2) is 77.1 Å². The second-order valence-corrected chi connectivity index (χ2v) is 7.79. The van der Waals surface area contributed by atoms with E-state index in [4.69, 9.17) is 9.47 Å². The highest BCUT2D eigenvalue weighted by molar-refractivity contribution is 6.02. The fraction of sp³-hybridized carbons (Fsp3) is 0.333. The van der Waals surface area contributed by atoms with E-state index in [0.717, 1.165) is 5.69 Å². The third-order valence-electron chi connectivity index (χ3n) is 5.86. The van der Waals surface area contributed by atoms with Crippen LogP contribution in [0.5, 0.6) is 0 Å². The van der Waals surface area contributed by atoms with Crippen molar-refractivity contribution in [2.75, 3.05) is 18.1 Å². The van der Waals surface area contributed by atoms with Crippen LogP contribution in [0.25, 0.3) is 0 Å². The van der Waals surface area contributed by atoms with Gasteiger partial charge >= 0.3 is 11.9 Å². The molecule has 1 heterocycles. The molecule has 1 aliphatic heterocycles. The summed E-state index contributed by atoms with van der Waals surface area (Å²) in [7, 11) is 0. The zero-order chi connectivity index (χ0) is 25.5. The molecular formula is C27H30N2O6. The van der Waals surface area contributed by atoms with Crippen LogP contribution in [0.4, 0.5) is 11.4 Å². The van der Waals surface area contributed by atoms with E-state index in [0.29, 0.717) is 24.2 Å². The molecule has 3 rings (SSSR count). The van der Waals surface area contributed by atoms with E-state index in [2.05, 4.69) is 0 Å². The van der Waals surface area contributed by atoms with Crippen LogP contribution < -0.4 is 4.90 Å². The SMILES string of the molecule is CCOC(=O)C1=C(CC)N(c2ccccc2)C(CC)=C(C(=O)OCC)C1c1ccccc1[N+](=O)[O-]. The molecule has 35 heavy (non-hydrogen) atoms. The molecule has 0 spiro atoms. The highest BCUT2D eigenvalue weighted by atomic mass is 16.6. The van der Waals surface area contributed by atoms with Crippen molar-refractivity contribution in [1.82, 2.24) is 0 Å². The summed E-state index contributed by atoms with van der Waals surface area (Å²) in [6.07, 6.45) is 0.861. The maximum absolute atomic E-state index is 13.5. The Morgan fingerprint density at radius 1 is 0.829 bits per heavy atom. The Bertz CT molecular complexity index is 1130. The molecule has 0 N–H and O–H groups in total. The fourth-order valence-electron chi connectivity index (χ4n) is 4.57. The standard InChI is InChI=1S/C27H30N2O6/c1-5-20-24(26(30)34-7-3)23(19-16-12-13-17-22(19)29(32)33)25(27(31)35-8-4)21(6-2)28(20)18-14-10-9-11-15-18/h9-17,23H,5-8H2,1-4H3. The number of carbonyl (C=O) groups excluding carboxylic acids is 2. The first-order chi connectivity index (χ1) is 16.9. The highest BCUT2D eigenvalue weighted by Gasteiger charge is 2.44. The largest absolute Gasteiger partial charge is 0.463 e. The molecule has 0 radical (unpaired) electrons. The zero-order valence-corrected chi connectivity index (χ0v) is 20.4. The molecule has 0 saturated carbocycles. The fourth-order valence-corrected chi connectivity index (χ4v) is 4.57.